The molecule has 3 rings (SSSR count). The van der Waals surface area contributed by atoms with Crippen molar-refractivity contribution in [2.75, 3.05) is 0 Å². The normalized spacial score (nSPS) is 12.5. The zero-order chi connectivity index (χ0) is 15.0. The summed E-state index contributed by atoms with van der Waals surface area (Å²) in [5, 5.41) is 0. The molecular weight excluding hydrogens is 332 g/mol. The van der Waals surface area contributed by atoms with E-state index in [0.717, 1.165) is 11.1 Å². The van der Waals surface area contributed by atoms with E-state index < -0.39 is 11.1 Å². The second kappa shape index (κ2) is 5.33. The molecule has 5 heteroatoms. The number of benzene rings is 2. The summed E-state index contributed by atoms with van der Waals surface area (Å²) < 4.78 is 0. The Morgan fingerprint density at radius 1 is 0.857 bits per heavy atom. The molecule has 0 spiro atoms. The van der Waals surface area contributed by atoms with Gasteiger partial charge in [-0.25, -0.2) is 0 Å². The molecule has 1 atom stereocenters. The summed E-state index contributed by atoms with van der Waals surface area (Å²) >= 11 is 3.67. The van der Waals surface area contributed by atoms with Crippen molar-refractivity contribution in [3.63, 3.8) is 0 Å². The fourth-order valence-corrected chi connectivity index (χ4v) is 2.81. The highest BCUT2D eigenvalue weighted by Crippen LogP contribution is 2.31. The average Bonchev–Trinajstić information content (AvgIpc) is 2.48. The van der Waals surface area contributed by atoms with E-state index >= 15 is 0 Å². The van der Waals surface area contributed by atoms with Gasteiger partial charge in [0.1, 0.15) is 0 Å². The zero-order valence-corrected chi connectivity index (χ0v) is 12.9. The van der Waals surface area contributed by atoms with Gasteiger partial charge in [-0.05, 0) is 30.2 Å². The van der Waals surface area contributed by atoms with Gasteiger partial charge in [0.15, 0.2) is 0 Å². The molecule has 106 valence electrons. The molecule has 1 unspecified atom stereocenters. The zero-order valence-electron chi connectivity index (χ0n) is 11.3. The fraction of sp³-hybridized carbons (Fsp3) is 0.125. The van der Waals surface area contributed by atoms with Crippen LogP contribution in [0.3, 0.4) is 0 Å². The van der Waals surface area contributed by atoms with Crippen molar-refractivity contribution in [1.29, 1.82) is 0 Å². The van der Waals surface area contributed by atoms with Gasteiger partial charge in [-0.1, -0.05) is 51.8 Å². The van der Waals surface area contributed by atoms with Crippen molar-refractivity contribution in [2.24, 2.45) is 0 Å². The fourth-order valence-electron chi connectivity index (χ4n) is 2.22. The number of aryl methyl sites for hydroxylation is 1. The summed E-state index contributed by atoms with van der Waals surface area (Å²) in [5.41, 5.74) is 3.31. The van der Waals surface area contributed by atoms with Crippen molar-refractivity contribution in [3.05, 3.63) is 79.9 Å². The summed E-state index contributed by atoms with van der Waals surface area (Å²) in [4.78, 5) is 27.9. The molecule has 4 nitrogen and oxygen atoms in total. The topological polar surface area (TPSA) is 65.7 Å². The van der Waals surface area contributed by atoms with Gasteiger partial charge >= 0.3 is 11.1 Å². The summed E-state index contributed by atoms with van der Waals surface area (Å²) in [6.07, 6.45) is 0. The van der Waals surface area contributed by atoms with E-state index in [1.165, 1.54) is 5.56 Å². The van der Waals surface area contributed by atoms with Crippen LogP contribution >= 0.6 is 15.9 Å². The van der Waals surface area contributed by atoms with E-state index in [2.05, 4.69) is 50.2 Å². The minimum absolute atomic E-state index is 0.0259. The smallest absolute Gasteiger partial charge is 0.314 e. The number of nitrogens with one attached hydrogen (secondary N) is 2. The minimum Gasteiger partial charge on any atom is -0.316 e. The Morgan fingerprint density at radius 3 is 2.10 bits per heavy atom. The lowest BCUT2D eigenvalue weighted by Crippen LogP contribution is -2.28. The van der Waals surface area contributed by atoms with Crippen molar-refractivity contribution >= 4 is 27.0 Å². The first kappa shape index (κ1) is 13.8. The maximum absolute atomic E-state index is 11.4. The molecule has 0 bridgehead atoms. The number of aromatic amines is 2. The van der Waals surface area contributed by atoms with Crippen LogP contribution in [0.25, 0.3) is 11.0 Å². The number of H-pyrrole nitrogens is 2. The molecule has 0 aliphatic carbocycles. The van der Waals surface area contributed by atoms with Gasteiger partial charge in [-0.15, -0.1) is 0 Å². The monoisotopic (exact) mass is 344 g/mol. The molecule has 1 aromatic heterocycles. The van der Waals surface area contributed by atoms with E-state index in [9.17, 15) is 9.59 Å². The molecule has 2 N–H and O–H groups in total. The van der Waals surface area contributed by atoms with Crippen LogP contribution in [0.5, 0.6) is 0 Å². The quantitative estimate of drug-likeness (QED) is 0.554. The number of hydrogen-bond acceptors (Lipinski definition) is 2. The molecule has 0 fully saturated rings. The Labute approximate surface area is 129 Å². The van der Waals surface area contributed by atoms with Crippen LogP contribution < -0.4 is 11.1 Å². The van der Waals surface area contributed by atoms with Gasteiger partial charge in [0, 0.05) is 0 Å². The summed E-state index contributed by atoms with van der Waals surface area (Å²) in [5.74, 6) is 0. The van der Waals surface area contributed by atoms with Gasteiger partial charge < -0.3 is 9.97 Å². The van der Waals surface area contributed by atoms with E-state index in [1.807, 2.05) is 19.1 Å². The summed E-state index contributed by atoms with van der Waals surface area (Å²) in [6, 6.07) is 13.8. The average molecular weight is 345 g/mol. The van der Waals surface area contributed by atoms with E-state index in [0.29, 0.717) is 11.0 Å². The highest BCUT2D eigenvalue weighted by atomic mass is 79.9. The second-order valence-electron chi connectivity index (χ2n) is 4.99. The highest BCUT2D eigenvalue weighted by molar-refractivity contribution is 9.09. The van der Waals surface area contributed by atoms with Gasteiger partial charge in [0.2, 0.25) is 0 Å². The highest BCUT2D eigenvalue weighted by Gasteiger charge is 2.11. The lowest BCUT2D eigenvalue weighted by molar-refractivity contribution is 1.13. The van der Waals surface area contributed by atoms with Crippen LogP contribution in [0, 0.1) is 6.92 Å². The number of alkyl halides is 1. The van der Waals surface area contributed by atoms with Crippen molar-refractivity contribution in [1.82, 2.24) is 9.97 Å². The third kappa shape index (κ3) is 2.69. The number of hydrogen-bond donors (Lipinski definition) is 2. The third-order valence-electron chi connectivity index (χ3n) is 3.41. The number of fused-ring (bicyclic) bond motifs is 1. The van der Waals surface area contributed by atoms with Gasteiger partial charge in [-0.2, -0.15) is 0 Å². The van der Waals surface area contributed by atoms with E-state index in [1.54, 1.807) is 6.07 Å². The lowest BCUT2D eigenvalue weighted by atomic mass is 10.0. The number of halogens is 1. The molecule has 0 aliphatic rings. The maximum Gasteiger partial charge on any atom is 0.314 e. The van der Waals surface area contributed by atoms with Gasteiger partial charge in [-0.3, -0.25) is 9.59 Å². The summed E-state index contributed by atoms with van der Waals surface area (Å²) in [6.45, 7) is 2.05. The van der Waals surface area contributed by atoms with E-state index in [4.69, 9.17) is 0 Å². The Kier molecular flexibility index (Phi) is 3.51. The molecule has 0 saturated heterocycles. The Balaban J connectivity index is 2.08. The maximum atomic E-state index is 11.4. The number of aromatic nitrogens is 2. The molecule has 1 heterocycles. The molecule has 0 amide bonds. The van der Waals surface area contributed by atoms with Crippen molar-refractivity contribution < 1.29 is 0 Å². The first-order valence-corrected chi connectivity index (χ1v) is 7.43. The van der Waals surface area contributed by atoms with Crippen LogP contribution in [0.4, 0.5) is 0 Å². The third-order valence-corrected chi connectivity index (χ3v) is 4.47. The van der Waals surface area contributed by atoms with Gasteiger partial charge in [0.05, 0.1) is 15.9 Å². The van der Waals surface area contributed by atoms with Gasteiger partial charge in [0.25, 0.3) is 0 Å². The molecule has 0 radical (unpaired) electrons. The van der Waals surface area contributed by atoms with E-state index in [-0.39, 0.29) is 4.83 Å². The Morgan fingerprint density at radius 2 is 1.43 bits per heavy atom. The SMILES string of the molecule is Cc1ccc(C(Br)c2ccc3[nH]c(=O)c(=O)[nH]c3c2)cc1. The first-order chi connectivity index (χ1) is 10.0. The van der Waals surface area contributed by atoms with Crippen LogP contribution in [0.2, 0.25) is 0 Å². The minimum atomic E-state index is -0.638. The Hall–Kier alpha value is -2.14. The molecule has 3 aromatic rings. The predicted octanol–water partition coefficient (Wildman–Crippen LogP) is 3.01. The lowest BCUT2D eigenvalue weighted by Gasteiger charge is -2.12. The second-order valence-corrected chi connectivity index (χ2v) is 5.90. The molecule has 2 aromatic carbocycles. The molecule has 21 heavy (non-hydrogen) atoms. The van der Waals surface area contributed by atoms with Crippen LogP contribution in [0.1, 0.15) is 21.5 Å². The summed E-state index contributed by atoms with van der Waals surface area (Å²) in [7, 11) is 0. The standard InChI is InChI=1S/C16H13BrN2O2/c1-9-2-4-10(5-3-9)14(17)11-6-7-12-13(8-11)19-16(21)15(20)18-12/h2-8,14H,1H3,(H,18,20)(H,19,21). The molecular formula is C16H13BrN2O2. The molecule has 0 saturated carbocycles. The first-order valence-electron chi connectivity index (χ1n) is 6.51. The molecule has 0 aliphatic heterocycles. The van der Waals surface area contributed by atoms with Crippen LogP contribution in [-0.4, -0.2) is 9.97 Å². The van der Waals surface area contributed by atoms with Crippen molar-refractivity contribution in [2.45, 2.75) is 11.8 Å². The van der Waals surface area contributed by atoms with Crippen LogP contribution in [-0.2, 0) is 0 Å². The Bertz CT molecular complexity index is 910. The number of rotatable bonds is 2. The largest absolute Gasteiger partial charge is 0.316 e. The predicted molar refractivity (Wildman–Crippen MR) is 87.1 cm³/mol. The van der Waals surface area contributed by atoms with Crippen molar-refractivity contribution in [3.8, 4) is 0 Å². The van der Waals surface area contributed by atoms with Crippen LogP contribution in [0.15, 0.2) is 52.1 Å².